The highest BCUT2D eigenvalue weighted by atomic mass is 32.2. The maximum Gasteiger partial charge on any atom is 0.485 e. The quantitative estimate of drug-likeness (QED) is 0.456. The molecule has 1 heterocycles. The van der Waals surface area contributed by atoms with E-state index >= 15 is 0 Å². The van der Waals surface area contributed by atoms with Crippen molar-refractivity contribution in [1.82, 2.24) is 0 Å². The molecule has 1 aliphatic rings. The van der Waals surface area contributed by atoms with Gasteiger partial charge in [-0.1, -0.05) is 13.3 Å². The van der Waals surface area contributed by atoms with Crippen molar-refractivity contribution in [1.29, 1.82) is 0 Å². The first kappa shape index (κ1) is 19.7. The van der Waals surface area contributed by atoms with E-state index in [2.05, 4.69) is 14.0 Å². The van der Waals surface area contributed by atoms with Crippen LogP contribution >= 0.6 is 0 Å². The first-order valence-electron chi connectivity index (χ1n) is 6.87. The van der Waals surface area contributed by atoms with Gasteiger partial charge in [0.2, 0.25) is 0 Å². The molecule has 20 heavy (non-hydrogen) atoms. The average Bonchev–Trinajstić information content (AvgIpc) is 2.50. The molecular formula is C12H24F3NO3S. The fraction of sp³-hybridized carbons (Fsp3) is 1.00. The Morgan fingerprint density at radius 1 is 1.10 bits per heavy atom. The Bertz CT molecular complexity index is 361. The molecule has 1 fully saturated rings. The second-order valence-corrected chi connectivity index (χ2v) is 6.83. The van der Waals surface area contributed by atoms with E-state index in [0.717, 1.165) is 0 Å². The lowest BCUT2D eigenvalue weighted by Crippen LogP contribution is -2.45. The molecule has 0 radical (unpaired) electrons. The molecule has 8 heteroatoms. The first-order chi connectivity index (χ1) is 9.02. The molecule has 1 rings (SSSR count). The Morgan fingerprint density at radius 3 is 1.80 bits per heavy atom. The van der Waals surface area contributed by atoms with Crippen LogP contribution in [0.15, 0.2) is 0 Å². The lowest BCUT2D eigenvalue weighted by molar-refractivity contribution is -0.909. The van der Waals surface area contributed by atoms with Crippen LogP contribution in [0.4, 0.5) is 13.2 Å². The van der Waals surface area contributed by atoms with Gasteiger partial charge < -0.3 is 9.04 Å². The van der Waals surface area contributed by atoms with E-state index in [1.54, 1.807) is 0 Å². The van der Waals surface area contributed by atoms with Gasteiger partial charge in [0.25, 0.3) is 0 Å². The van der Waals surface area contributed by atoms with Crippen LogP contribution in [0.25, 0.3) is 0 Å². The smallest absolute Gasteiger partial charge is 0.485 e. The zero-order valence-corrected chi connectivity index (χ0v) is 12.9. The van der Waals surface area contributed by atoms with Crippen LogP contribution in [0.1, 0.15) is 45.4 Å². The largest absolute Gasteiger partial charge is 0.741 e. The topological polar surface area (TPSA) is 57.2 Å². The molecule has 0 aromatic heterocycles. The van der Waals surface area contributed by atoms with Crippen LogP contribution in [-0.2, 0) is 10.1 Å². The van der Waals surface area contributed by atoms with Gasteiger partial charge in [-0.05, 0) is 32.1 Å². The number of rotatable bonds is 3. The molecule has 0 unspecified atom stereocenters. The molecule has 0 aliphatic carbocycles. The molecule has 0 aromatic carbocycles. The van der Waals surface area contributed by atoms with Gasteiger partial charge in [0.05, 0.1) is 26.7 Å². The highest BCUT2D eigenvalue weighted by Crippen LogP contribution is 2.20. The molecule has 1 saturated heterocycles. The van der Waals surface area contributed by atoms with Gasteiger partial charge in [0.15, 0.2) is 10.1 Å². The molecule has 1 aliphatic heterocycles. The summed E-state index contributed by atoms with van der Waals surface area (Å²) in [6, 6.07) is 0. The number of likely N-dealkylation sites (tertiary alicyclic amines) is 1. The van der Waals surface area contributed by atoms with Gasteiger partial charge in [-0.25, -0.2) is 8.42 Å². The summed E-state index contributed by atoms with van der Waals surface area (Å²) in [5.74, 6) is 0. The van der Waals surface area contributed by atoms with Gasteiger partial charge in [-0.2, -0.15) is 13.2 Å². The molecule has 0 bridgehead atoms. The van der Waals surface area contributed by atoms with Gasteiger partial charge in [-0.3, -0.25) is 0 Å². The highest BCUT2D eigenvalue weighted by Gasteiger charge is 2.36. The molecule has 0 saturated carbocycles. The van der Waals surface area contributed by atoms with Crippen molar-refractivity contribution < 1.29 is 30.6 Å². The monoisotopic (exact) mass is 319 g/mol. The third kappa shape index (κ3) is 8.06. The van der Waals surface area contributed by atoms with E-state index in [0.29, 0.717) is 0 Å². The van der Waals surface area contributed by atoms with Gasteiger partial charge in [0.1, 0.15) is 0 Å². The molecular weight excluding hydrogens is 295 g/mol. The molecule has 0 amide bonds. The summed E-state index contributed by atoms with van der Waals surface area (Å²) in [7, 11) is -3.64. The van der Waals surface area contributed by atoms with E-state index in [9.17, 15) is 13.2 Å². The highest BCUT2D eigenvalue weighted by molar-refractivity contribution is 7.86. The van der Waals surface area contributed by atoms with Gasteiger partial charge in [-0.15, -0.1) is 0 Å². The number of halogens is 3. The van der Waals surface area contributed by atoms with Crippen molar-refractivity contribution in [2.75, 3.05) is 26.7 Å². The number of alkyl halides is 3. The summed E-state index contributed by atoms with van der Waals surface area (Å²) in [6.45, 7) is 6.57. The van der Waals surface area contributed by atoms with Crippen LogP contribution in [0, 0.1) is 0 Å². The molecule has 122 valence electrons. The first-order valence-corrected chi connectivity index (χ1v) is 8.28. The summed E-state index contributed by atoms with van der Waals surface area (Å²) >= 11 is 0. The molecule has 0 aromatic rings. The summed E-state index contributed by atoms with van der Waals surface area (Å²) < 4.78 is 60.3. The Labute approximate surface area is 119 Å². The summed E-state index contributed by atoms with van der Waals surface area (Å²) in [5.41, 5.74) is -5.65. The van der Waals surface area contributed by atoms with Crippen molar-refractivity contribution in [2.45, 2.75) is 51.0 Å². The molecule has 0 atom stereocenters. The van der Waals surface area contributed by atoms with Crippen molar-refractivity contribution in [3.63, 3.8) is 0 Å². The van der Waals surface area contributed by atoms with Crippen LogP contribution in [0.5, 0.6) is 0 Å². The maximum atomic E-state index is 10.7. The van der Waals surface area contributed by atoms with E-state index in [1.807, 2.05) is 0 Å². The lowest BCUT2D eigenvalue weighted by atomic mass is 10.2. The normalized spacial score (nSPS) is 19.7. The molecule has 0 N–H and O–H groups in total. The van der Waals surface area contributed by atoms with Crippen molar-refractivity contribution in [3.05, 3.63) is 0 Å². The second-order valence-electron chi connectivity index (χ2n) is 5.46. The summed E-state index contributed by atoms with van der Waals surface area (Å²) in [5, 5.41) is 0. The number of nitrogens with zero attached hydrogens (tertiary/aromatic N) is 1. The number of unbranched alkanes of at least 4 members (excludes halogenated alkanes) is 1. The van der Waals surface area contributed by atoms with Crippen LogP contribution < -0.4 is 0 Å². The van der Waals surface area contributed by atoms with Gasteiger partial charge in [0, 0.05) is 0 Å². The minimum atomic E-state index is -6.09. The maximum absolute atomic E-state index is 10.7. The average molecular weight is 319 g/mol. The van der Waals surface area contributed by atoms with Crippen molar-refractivity contribution in [3.8, 4) is 0 Å². The third-order valence-electron chi connectivity index (χ3n) is 3.48. The van der Waals surface area contributed by atoms with E-state index in [-0.39, 0.29) is 0 Å². The van der Waals surface area contributed by atoms with E-state index in [4.69, 9.17) is 13.0 Å². The number of hydrogen-bond acceptors (Lipinski definition) is 3. The summed E-state index contributed by atoms with van der Waals surface area (Å²) in [6.07, 6.45) is 8.63. The minimum absolute atomic E-state index is 1.36. The van der Waals surface area contributed by atoms with Crippen LogP contribution in [0.3, 0.4) is 0 Å². The summed E-state index contributed by atoms with van der Waals surface area (Å²) in [4.78, 5) is 0. The SMILES string of the molecule is CCCC[N+]1(C)CCCCCC1.O=S(=O)([O-])C(F)(F)F. The zero-order valence-electron chi connectivity index (χ0n) is 12.1. The third-order valence-corrected chi connectivity index (χ3v) is 4.05. The molecule has 0 spiro atoms. The van der Waals surface area contributed by atoms with Crippen molar-refractivity contribution in [2.24, 2.45) is 0 Å². The Kier molecular flexibility index (Phi) is 8.05. The number of quaternary nitrogens is 1. The van der Waals surface area contributed by atoms with Crippen LogP contribution in [-0.4, -0.2) is 49.6 Å². The Morgan fingerprint density at radius 2 is 1.50 bits per heavy atom. The minimum Gasteiger partial charge on any atom is -0.741 e. The predicted octanol–water partition coefficient (Wildman–Crippen LogP) is 2.86. The van der Waals surface area contributed by atoms with E-state index in [1.165, 1.54) is 62.6 Å². The molecule has 4 nitrogen and oxygen atoms in total. The fourth-order valence-corrected chi connectivity index (χ4v) is 2.22. The Balaban J connectivity index is 0.000000396. The predicted molar refractivity (Wildman–Crippen MR) is 69.9 cm³/mol. The fourth-order valence-electron chi connectivity index (χ4n) is 2.22. The zero-order chi connectivity index (χ0) is 15.9. The second kappa shape index (κ2) is 8.19. The van der Waals surface area contributed by atoms with Gasteiger partial charge >= 0.3 is 5.51 Å². The lowest BCUT2D eigenvalue weighted by Gasteiger charge is -2.33. The van der Waals surface area contributed by atoms with E-state index < -0.39 is 15.6 Å². The number of hydrogen-bond donors (Lipinski definition) is 0. The Hall–Kier alpha value is -0.340. The van der Waals surface area contributed by atoms with Crippen molar-refractivity contribution >= 4 is 10.1 Å². The van der Waals surface area contributed by atoms with Crippen LogP contribution in [0.2, 0.25) is 0 Å². The standard InChI is InChI=1S/C11H24N.CHF3O3S/c1-3-4-9-12(2)10-7-5-6-8-11-12;2-1(3,4)8(5,6)7/h3-11H2,1-2H3;(H,5,6,7)/q+1;/p-1.